The zero-order chi connectivity index (χ0) is 49.9. The van der Waals surface area contributed by atoms with Gasteiger partial charge in [-0.2, -0.15) is 0 Å². The molecule has 4 unspecified atom stereocenters. The molecule has 4 heterocycles. The number of hydrogen-bond acceptors (Lipinski definition) is 13. The molecule has 10 atom stereocenters. The van der Waals surface area contributed by atoms with Gasteiger partial charge in [-0.25, -0.2) is 0 Å². The van der Waals surface area contributed by atoms with E-state index in [1.807, 2.05) is 88.6 Å². The first-order chi connectivity index (χ1) is 33.0. The van der Waals surface area contributed by atoms with E-state index in [0.717, 1.165) is 22.6 Å². The molecule has 4 aliphatic heterocycles. The minimum absolute atomic E-state index is 0.0913. The molecule has 4 aliphatic rings. The van der Waals surface area contributed by atoms with Crippen LogP contribution in [0.25, 0.3) is 0 Å². The Balaban J connectivity index is 1.00. The minimum Gasteiger partial charge on any atom is -0.377 e. The number of hydrogen-bond donors (Lipinski definition) is 6. The molecule has 0 radical (unpaired) electrons. The Hall–Kier alpha value is -3.40. The molecule has 0 spiro atoms. The topological polar surface area (TPSA) is 175 Å². The van der Waals surface area contributed by atoms with Crippen LogP contribution in [-0.2, 0) is 33.4 Å². The zero-order valence-corrected chi connectivity index (χ0v) is 44.7. The van der Waals surface area contributed by atoms with E-state index >= 15 is 0 Å². The number of amides is 4. The third-order valence-electron chi connectivity index (χ3n) is 13.7. The Morgan fingerprint density at radius 3 is 1.36 bits per heavy atom. The van der Waals surface area contributed by atoms with Gasteiger partial charge in [-0.3, -0.25) is 19.2 Å². The molecule has 6 N–H and O–H groups in total. The highest BCUT2D eigenvalue weighted by Crippen LogP contribution is 2.48. The number of benzene rings is 2. The SMILES string of the molecule is CNC(C)C(=S)N[C@H]1CCS[C@H]2CC(C)(C)[C@@H](C(=O)NC(COCCOCCOCC(NC(=O)[C@H]3N4C(=O)[C@@H](NC(=S)C(C)NC)CCS[C@H]4CC3(C)C)c3ccccc3)c3ccccc3)N2C1=O. The van der Waals surface area contributed by atoms with Crippen LogP contribution in [0, 0.1) is 10.8 Å². The number of carbonyl (C=O) groups excluding carboxylic acids is 4. The van der Waals surface area contributed by atoms with Crippen molar-refractivity contribution in [2.24, 2.45) is 10.8 Å². The lowest BCUT2D eigenvalue weighted by Crippen LogP contribution is -2.58. The van der Waals surface area contributed by atoms with Gasteiger partial charge < -0.3 is 55.9 Å². The van der Waals surface area contributed by atoms with Crippen LogP contribution in [0.2, 0.25) is 0 Å². The third kappa shape index (κ3) is 14.0. The Bertz CT molecular complexity index is 1930. The second-order valence-corrected chi connectivity index (χ2v) is 23.2. The van der Waals surface area contributed by atoms with Crippen molar-refractivity contribution in [2.75, 3.05) is 65.2 Å². The number of fused-ring (bicyclic) bond motifs is 2. The summed E-state index contributed by atoms with van der Waals surface area (Å²) < 4.78 is 18.2. The summed E-state index contributed by atoms with van der Waals surface area (Å²) in [4.78, 5) is 62.0. The van der Waals surface area contributed by atoms with E-state index in [1.165, 1.54) is 0 Å². The fourth-order valence-electron chi connectivity index (χ4n) is 9.61. The van der Waals surface area contributed by atoms with Gasteiger partial charge in [0.25, 0.3) is 0 Å². The molecule has 380 valence electrons. The summed E-state index contributed by atoms with van der Waals surface area (Å²) in [5.74, 6) is 0.921. The number of carbonyl (C=O) groups is 4. The molecular weight excluding hydrogens is 953 g/mol. The average Bonchev–Trinajstić information content (AvgIpc) is 3.65. The lowest BCUT2D eigenvalue weighted by atomic mass is 9.83. The van der Waals surface area contributed by atoms with E-state index in [9.17, 15) is 19.2 Å². The summed E-state index contributed by atoms with van der Waals surface area (Å²) in [7, 11) is 3.66. The normalized spacial score (nSPS) is 25.8. The number of ether oxygens (including phenoxy) is 3. The van der Waals surface area contributed by atoms with Gasteiger partial charge in [0.05, 0.1) is 84.5 Å². The van der Waals surface area contributed by atoms with E-state index in [1.54, 1.807) is 33.3 Å². The number of nitrogens with zero attached hydrogens (tertiary/aromatic N) is 2. The molecule has 4 fully saturated rings. The summed E-state index contributed by atoms with van der Waals surface area (Å²) in [5, 5.41) is 19.1. The Morgan fingerprint density at radius 2 is 1.00 bits per heavy atom. The molecule has 15 nitrogen and oxygen atoms in total. The highest BCUT2D eigenvalue weighted by Gasteiger charge is 2.56. The van der Waals surface area contributed by atoms with Gasteiger partial charge in [0.2, 0.25) is 23.6 Å². The highest BCUT2D eigenvalue weighted by molar-refractivity contribution is 8.00. The maximum Gasteiger partial charge on any atom is 0.246 e. The van der Waals surface area contributed by atoms with Gasteiger partial charge in [0, 0.05) is 0 Å². The van der Waals surface area contributed by atoms with Crippen LogP contribution >= 0.6 is 48.0 Å². The molecule has 2 aromatic carbocycles. The van der Waals surface area contributed by atoms with Crippen LogP contribution in [0.15, 0.2) is 60.7 Å². The van der Waals surface area contributed by atoms with Crippen LogP contribution < -0.4 is 31.9 Å². The summed E-state index contributed by atoms with van der Waals surface area (Å²) in [6.45, 7) is 13.7. The van der Waals surface area contributed by atoms with Crippen LogP contribution in [0.5, 0.6) is 0 Å². The lowest BCUT2D eigenvalue weighted by molar-refractivity contribution is -0.142. The summed E-state index contributed by atoms with van der Waals surface area (Å²) in [6, 6.07) is 15.9. The molecule has 4 amide bonds. The monoisotopic (exact) mass is 1030 g/mol. The first-order valence-corrected chi connectivity index (χ1v) is 27.2. The molecule has 0 aromatic heterocycles. The molecule has 4 saturated heterocycles. The standard InChI is InChI=1S/C50H74N8O7S4/c1-31(51-7)45(66)55-35-19-25-68-39-27-49(3,4)41(57(39)47(35)61)43(59)53-37(33-15-11-9-12-16-33)29-64-23-21-63-22-24-65-30-38(34-17-13-10-14-18-34)54-44(60)42-50(5,6)28-40-58(42)48(62)36(20-26-69-40)56-46(67)32(2)52-8/h9-18,31-32,35-42,51-52H,19-30H2,1-8H3,(H,53,59)(H,54,60)(H,55,66)(H,56,67)/t31?,32?,35-,36-,37?,38?,39-,40-,41+,42+/m0/s1. The average molecular weight is 1030 g/mol. The van der Waals surface area contributed by atoms with Gasteiger partial charge in [-0.05, 0) is 87.1 Å². The van der Waals surface area contributed by atoms with Crippen molar-refractivity contribution in [3.63, 3.8) is 0 Å². The number of thioether (sulfide) groups is 2. The maximum absolute atomic E-state index is 14.4. The first-order valence-electron chi connectivity index (χ1n) is 24.2. The van der Waals surface area contributed by atoms with E-state index in [-0.39, 0.29) is 72.9 Å². The molecule has 6 rings (SSSR count). The Kier molecular flexibility index (Phi) is 20.1. The second kappa shape index (κ2) is 25.3. The quantitative estimate of drug-likeness (QED) is 0.0707. The van der Waals surface area contributed by atoms with E-state index in [0.29, 0.717) is 48.9 Å². The summed E-state index contributed by atoms with van der Waals surface area (Å²) >= 11 is 14.7. The third-order valence-corrected chi connectivity index (χ3v) is 17.2. The Labute approximate surface area is 428 Å². The molecule has 19 heteroatoms. The van der Waals surface area contributed by atoms with Gasteiger partial charge in [-0.1, -0.05) is 113 Å². The Morgan fingerprint density at radius 1 is 0.638 bits per heavy atom. The minimum atomic E-state index is -0.679. The molecule has 69 heavy (non-hydrogen) atoms. The van der Waals surface area contributed by atoms with Crippen LogP contribution in [0.4, 0.5) is 0 Å². The molecule has 2 aromatic rings. The molecule has 0 bridgehead atoms. The van der Waals surface area contributed by atoms with E-state index in [2.05, 4.69) is 59.6 Å². The predicted octanol–water partition coefficient (Wildman–Crippen LogP) is 4.72. The fraction of sp³-hybridized carbons (Fsp3) is 0.640. The van der Waals surface area contributed by atoms with Crippen molar-refractivity contribution in [3.8, 4) is 0 Å². The van der Waals surface area contributed by atoms with Gasteiger partial charge in [0.1, 0.15) is 24.2 Å². The van der Waals surface area contributed by atoms with E-state index < -0.39 is 47.1 Å². The summed E-state index contributed by atoms with van der Waals surface area (Å²) in [6.07, 6.45) is 2.65. The van der Waals surface area contributed by atoms with Crippen molar-refractivity contribution >= 4 is 81.6 Å². The number of nitrogens with one attached hydrogen (secondary N) is 6. The summed E-state index contributed by atoms with van der Waals surface area (Å²) in [5.41, 5.74) is 0.856. The number of rotatable bonds is 22. The van der Waals surface area contributed by atoms with Crippen molar-refractivity contribution in [1.82, 2.24) is 41.7 Å². The molecular formula is C50H74N8O7S4. The van der Waals surface area contributed by atoms with Crippen LogP contribution in [0.1, 0.15) is 90.4 Å². The molecule has 0 saturated carbocycles. The first kappa shape index (κ1) is 54.9. The van der Waals surface area contributed by atoms with Gasteiger partial charge in [0.15, 0.2) is 0 Å². The number of thiocarbonyl (C=S) groups is 2. The van der Waals surface area contributed by atoms with Gasteiger partial charge >= 0.3 is 0 Å². The molecule has 0 aliphatic carbocycles. The predicted molar refractivity (Wildman–Crippen MR) is 283 cm³/mol. The smallest absolute Gasteiger partial charge is 0.246 e. The maximum atomic E-state index is 14.4. The highest BCUT2D eigenvalue weighted by atomic mass is 32.2. The van der Waals surface area contributed by atoms with Crippen molar-refractivity contribution in [1.29, 1.82) is 0 Å². The van der Waals surface area contributed by atoms with Crippen molar-refractivity contribution in [3.05, 3.63) is 71.8 Å². The van der Waals surface area contributed by atoms with Crippen LogP contribution in [-0.4, -0.2) is 156 Å². The lowest BCUT2D eigenvalue weighted by Gasteiger charge is -2.35. The van der Waals surface area contributed by atoms with Crippen molar-refractivity contribution in [2.45, 2.75) is 126 Å². The van der Waals surface area contributed by atoms with Gasteiger partial charge in [-0.15, -0.1) is 23.5 Å². The van der Waals surface area contributed by atoms with Crippen LogP contribution in [0.3, 0.4) is 0 Å². The number of likely N-dealkylation sites (N-methyl/N-ethyl adjacent to an activating group) is 2. The largest absolute Gasteiger partial charge is 0.377 e. The fourth-order valence-corrected chi connectivity index (χ4v) is 13.3. The van der Waals surface area contributed by atoms with E-state index in [4.69, 9.17) is 38.6 Å². The van der Waals surface area contributed by atoms with Crippen molar-refractivity contribution < 1.29 is 33.4 Å². The zero-order valence-electron chi connectivity index (χ0n) is 41.4. The second-order valence-electron chi connectivity index (χ2n) is 19.8.